The second kappa shape index (κ2) is 4.77. The van der Waals surface area contributed by atoms with Crippen molar-refractivity contribution in [3.63, 3.8) is 0 Å². The standard InChI is InChI=1S/C9H13FN2O3S/c1-6(13)5-12-16(14,15)9-4-7(11)2-3-8(9)10/h2-4,6,12-13H,5,11H2,1H3/t6-/m1/s1. The Bertz CT molecular complexity index is 474. The maximum absolute atomic E-state index is 13.3. The SMILES string of the molecule is C[C@@H](O)CNS(=O)(=O)c1cc(N)ccc1F. The Labute approximate surface area is 93.1 Å². The van der Waals surface area contributed by atoms with Crippen molar-refractivity contribution in [1.29, 1.82) is 0 Å². The molecule has 1 aromatic carbocycles. The molecule has 5 nitrogen and oxygen atoms in total. The number of benzene rings is 1. The highest BCUT2D eigenvalue weighted by Crippen LogP contribution is 2.17. The molecule has 0 bridgehead atoms. The molecule has 0 aliphatic carbocycles. The lowest BCUT2D eigenvalue weighted by atomic mass is 10.3. The summed E-state index contributed by atoms with van der Waals surface area (Å²) in [6, 6.07) is 3.27. The zero-order valence-electron chi connectivity index (χ0n) is 8.64. The van der Waals surface area contributed by atoms with E-state index >= 15 is 0 Å². The number of nitrogens with two attached hydrogens (primary N) is 1. The van der Waals surface area contributed by atoms with Crippen LogP contribution in [0.5, 0.6) is 0 Å². The summed E-state index contributed by atoms with van der Waals surface area (Å²) in [5, 5.41) is 8.94. The molecular formula is C9H13FN2O3S. The number of aliphatic hydroxyl groups is 1. The third kappa shape index (κ3) is 3.16. The Hall–Kier alpha value is -1.18. The number of halogens is 1. The predicted octanol–water partition coefficient (Wildman–Crippen LogP) is 0.0670. The van der Waals surface area contributed by atoms with Crippen LogP contribution >= 0.6 is 0 Å². The van der Waals surface area contributed by atoms with Gasteiger partial charge >= 0.3 is 0 Å². The largest absolute Gasteiger partial charge is 0.399 e. The second-order valence-corrected chi connectivity index (χ2v) is 5.13. The van der Waals surface area contributed by atoms with E-state index in [1.807, 2.05) is 0 Å². The van der Waals surface area contributed by atoms with E-state index in [1.54, 1.807) is 0 Å². The molecule has 16 heavy (non-hydrogen) atoms. The van der Waals surface area contributed by atoms with Gasteiger partial charge in [-0.05, 0) is 25.1 Å². The summed E-state index contributed by atoms with van der Waals surface area (Å²) in [6.07, 6.45) is -0.848. The first-order valence-corrected chi connectivity index (χ1v) is 6.04. The minimum Gasteiger partial charge on any atom is -0.399 e. The highest BCUT2D eigenvalue weighted by molar-refractivity contribution is 7.89. The van der Waals surface area contributed by atoms with Gasteiger partial charge in [0.05, 0.1) is 6.10 Å². The highest BCUT2D eigenvalue weighted by atomic mass is 32.2. The molecule has 0 amide bonds. The number of nitrogen functional groups attached to an aromatic ring is 1. The average molecular weight is 248 g/mol. The van der Waals surface area contributed by atoms with Gasteiger partial charge in [0.2, 0.25) is 10.0 Å². The maximum atomic E-state index is 13.3. The summed E-state index contributed by atoms with van der Waals surface area (Å²) in [5.41, 5.74) is 5.52. The fraction of sp³-hybridized carbons (Fsp3) is 0.333. The number of hydrogen-bond donors (Lipinski definition) is 3. The molecule has 7 heteroatoms. The molecule has 90 valence electrons. The van der Waals surface area contributed by atoms with Gasteiger partial charge in [-0.1, -0.05) is 0 Å². The summed E-state index contributed by atoms with van der Waals surface area (Å²) in [4.78, 5) is -0.520. The Kier molecular flexibility index (Phi) is 3.84. The molecule has 0 aliphatic rings. The summed E-state index contributed by atoms with van der Waals surface area (Å²) < 4.78 is 38.5. The van der Waals surface area contributed by atoms with Gasteiger partial charge in [0.1, 0.15) is 10.7 Å². The Morgan fingerprint density at radius 2 is 2.19 bits per heavy atom. The smallest absolute Gasteiger partial charge is 0.243 e. The first kappa shape index (κ1) is 12.9. The molecule has 1 aromatic rings. The lowest BCUT2D eigenvalue weighted by Gasteiger charge is -2.09. The van der Waals surface area contributed by atoms with Crippen LogP contribution in [0.2, 0.25) is 0 Å². The number of anilines is 1. The monoisotopic (exact) mass is 248 g/mol. The van der Waals surface area contributed by atoms with Crippen LogP contribution in [-0.4, -0.2) is 26.2 Å². The topological polar surface area (TPSA) is 92.4 Å². The summed E-state index contributed by atoms with van der Waals surface area (Å²) >= 11 is 0. The second-order valence-electron chi connectivity index (χ2n) is 3.39. The minimum atomic E-state index is -3.97. The lowest BCUT2D eigenvalue weighted by Crippen LogP contribution is -2.31. The predicted molar refractivity (Wildman–Crippen MR) is 57.7 cm³/mol. The van der Waals surface area contributed by atoms with E-state index in [0.717, 1.165) is 12.1 Å². The van der Waals surface area contributed by atoms with E-state index in [4.69, 9.17) is 10.8 Å². The first-order chi connectivity index (χ1) is 7.33. The van der Waals surface area contributed by atoms with Gasteiger partial charge in [-0.25, -0.2) is 17.5 Å². The van der Waals surface area contributed by atoms with Crippen LogP contribution in [0.3, 0.4) is 0 Å². The molecule has 0 aromatic heterocycles. The summed E-state index contributed by atoms with van der Waals surface area (Å²) in [5.74, 6) is -0.882. The van der Waals surface area contributed by atoms with Crippen LogP contribution in [0.4, 0.5) is 10.1 Å². The molecule has 0 radical (unpaired) electrons. The zero-order valence-corrected chi connectivity index (χ0v) is 9.46. The van der Waals surface area contributed by atoms with Gasteiger partial charge in [-0.2, -0.15) is 0 Å². The minimum absolute atomic E-state index is 0.152. The van der Waals surface area contributed by atoms with E-state index < -0.39 is 26.8 Å². The third-order valence-corrected chi connectivity index (χ3v) is 3.25. The quantitative estimate of drug-likeness (QED) is 0.657. The van der Waals surface area contributed by atoms with Crippen molar-refractivity contribution < 1.29 is 17.9 Å². The zero-order chi connectivity index (χ0) is 12.3. The summed E-state index contributed by atoms with van der Waals surface area (Å²) in [6.45, 7) is 1.23. The molecule has 0 saturated carbocycles. The van der Waals surface area contributed by atoms with Crippen LogP contribution in [0, 0.1) is 5.82 Å². The lowest BCUT2D eigenvalue weighted by molar-refractivity contribution is 0.198. The van der Waals surface area contributed by atoms with Crippen LogP contribution in [0.25, 0.3) is 0 Å². The molecular weight excluding hydrogens is 235 g/mol. The van der Waals surface area contributed by atoms with Crippen LogP contribution in [-0.2, 0) is 10.0 Å². The molecule has 0 heterocycles. The van der Waals surface area contributed by atoms with Crippen molar-refractivity contribution in [1.82, 2.24) is 4.72 Å². The molecule has 4 N–H and O–H groups in total. The van der Waals surface area contributed by atoms with Gasteiger partial charge in [-0.3, -0.25) is 0 Å². The van der Waals surface area contributed by atoms with Gasteiger partial charge < -0.3 is 10.8 Å². The van der Waals surface area contributed by atoms with Gasteiger partial charge in [0, 0.05) is 12.2 Å². The van der Waals surface area contributed by atoms with E-state index in [2.05, 4.69) is 4.72 Å². The van der Waals surface area contributed by atoms with Crippen molar-refractivity contribution in [3.05, 3.63) is 24.0 Å². The van der Waals surface area contributed by atoms with Crippen molar-refractivity contribution in [2.45, 2.75) is 17.9 Å². The number of rotatable bonds is 4. The average Bonchev–Trinajstić information content (AvgIpc) is 2.19. The number of sulfonamides is 1. The van der Waals surface area contributed by atoms with E-state index in [0.29, 0.717) is 0 Å². The fourth-order valence-electron chi connectivity index (χ4n) is 1.03. The maximum Gasteiger partial charge on any atom is 0.243 e. The van der Waals surface area contributed by atoms with Crippen molar-refractivity contribution >= 4 is 15.7 Å². The number of nitrogens with one attached hydrogen (secondary N) is 1. The first-order valence-electron chi connectivity index (χ1n) is 4.55. The molecule has 0 spiro atoms. The van der Waals surface area contributed by atoms with Crippen LogP contribution in [0.15, 0.2) is 23.1 Å². The Balaban J connectivity index is 3.02. The number of hydrogen-bond acceptors (Lipinski definition) is 4. The van der Waals surface area contributed by atoms with E-state index in [9.17, 15) is 12.8 Å². The summed E-state index contributed by atoms with van der Waals surface area (Å²) in [7, 11) is -3.97. The van der Waals surface area contributed by atoms with Crippen LogP contribution in [0.1, 0.15) is 6.92 Å². The number of aliphatic hydroxyl groups excluding tert-OH is 1. The fourth-order valence-corrected chi connectivity index (χ4v) is 2.27. The molecule has 0 saturated heterocycles. The van der Waals surface area contributed by atoms with E-state index in [-0.39, 0.29) is 12.2 Å². The van der Waals surface area contributed by atoms with Crippen molar-refractivity contribution in [2.75, 3.05) is 12.3 Å². The van der Waals surface area contributed by atoms with Gasteiger partial charge in [-0.15, -0.1) is 0 Å². The van der Waals surface area contributed by atoms with Crippen molar-refractivity contribution in [3.8, 4) is 0 Å². The Morgan fingerprint density at radius 3 is 2.75 bits per heavy atom. The molecule has 0 aliphatic heterocycles. The third-order valence-electron chi connectivity index (χ3n) is 1.81. The molecule has 0 unspecified atom stereocenters. The van der Waals surface area contributed by atoms with E-state index in [1.165, 1.54) is 13.0 Å². The highest BCUT2D eigenvalue weighted by Gasteiger charge is 2.19. The molecule has 1 rings (SSSR count). The molecule has 0 fully saturated rings. The normalized spacial score (nSPS) is 13.7. The van der Waals surface area contributed by atoms with Gasteiger partial charge in [0.15, 0.2) is 0 Å². The molecule has 1 atom stereocenters. The Morgan fingerprint density at radius 1 is 1.56 bits per heavy atom. The van der Waals surface area contributed by atoms with Gasteiger partial charge in [0.25, 0.3) is 0 Å². The van der Waals surface area contributed by atoms with Crippen LogP contribution < -0.4 is 10.5 Å². The van der Waals surface area contributed by atoms with Crippen molar-refractivity contribution in [2.24, 2.45) is 0 Å².